The number of rotatable bonds is 2. The Morgan fingerprint density at radius 1 is 1.25 bits per heavy atom. The predicted octanol–water partition coefficient (Wildman–Crippen LogP) is 3.69. The number of amides is 1. The van der Waals surface area contributed by atoms with E-state index in [0.29, 0.717) is 9.23 Å². The number of hydrogen-bond acceptors (Lipinski definition) is 4. The Morgan fingerprint density at radius 2 is 1.85 bits per heavy atom. The Labute approximate surface area is 129 Å². The number of thioether (sulfide) groups is 1. The predicted molar refractivity (Wildman–Crippen MR) is 87.8 cm³/mol. The van der Waals surface area contributed by atoms with E-state index in [1.54, 1.807) is 12.0 Å². The molecule has 1 fully saturated rings. The third-order valence-corrected chi connectivity index (χ3v) is 4.18. The monoisotopic (exact) mass is 307 g/mol. The Kier molecular flexibility index (Phi) is 4.20. The minimum Gasteiger partial charge on any atom is -0.497 e. The summed E-state index contributed by atoms with van der Waals surface area (Å²) in [6, 6.07) is 7.58. The van der Waals surface area contributed by atoms with Gasteiger partial charge in [0.05, 0.1) is 12.0 Å². The van der Waals surface area contributed by atoms with Gasteiger partial charge < -0.3 is 4.74 Å². The van der Waals surface area contributed by atoms with Gasteiger partial charge in [0, 0.05) is 5.54 Å². The van der Waals surface area contributed by atoms with Crippen molar-refractivity contribution in [2.45, 2.75) is 26.3 Å². The molecule has 1 amide bonds. The Hall–Kier alpha value is -1.33. The fourth-order valence-corrected chi connectivity index (χ4v) is 3.53. The topological polar surface area (TPSA) is 29.5 Å². The lowest BCUT2D eigenvalue weighted by atomic mass is 10.1. The molecule has 1 heterocycles. The van der Waals surface area contributed by atoms with E-state index in [1.165, 1.54) is 11.8 Å². The summed E-state index contributed by atoms with van der Waals surface area (Å²) >= 11 is 6.66. The van der Waals surface area contributed by atoms with Crippen LogP contribution in [0.1, 0.15) is 26.3 Å². The number of ether oxygens (including phenoxy) is 1. The number of hydrogen-bond donors (Lipinski definition) is 0. The molecule has 1 aliphatic rings. The SMILES string of the molecule is COc1ccc(C=C2SC(=S)N(C(C)(C)C)C2=O)cc1. The van der Waals surface area contributed by atoms with E-state index in [-0.39, 0.29) is 11.4 Å². The lowest BCUT2D eigenvalue weighted by molar-refractivity contribution is -0.125. The normalized spacial score (nSPS) is 18.0. The van der Waals surface area contributed by atoms with E-state index < -0.39 is 0 Å². The van der Waals surface area contributed by atoms with Crippen LogP contribution in [0.25, 0.3) is 6.08 Å². The zero-order chi connectivity index (χ0) is 14.9. The van der Waals surface area contributed by atoms with Crippen LogP contribution in [-0.4, -0.2) is 27.8 Å². The highest BCUT2D eigenvalue weighted by molar-refractivity contribution is 8.26. The maximum absolute atomic E-state index is 12.4. The third-order valence-electron chi connectivity index (χ3n) is 2.88. The van der Waals surface area contributed by atoms with Gasteiger partial charge in [0.2, 0.25) is 0 Å². The Bertz CT molecular complexity index is 571. The van der Waals surface area contributed by atoms with Gasteiger partial charge in [-0.15, -0.1) is 0 Å². The zero-order valence-electron chi connectivity index (χ0n) is 12.0. The van der Waals surface area contributed by atoms with E-state index in [9.17, 15) is 4.79 Å². The minimum absolute atomic E-state index is 0.0247. The molecule has 0 N–H and O–H groups in total. The fraction of sp³-hybridized carbons (Fsp3) is 0.333. The number of carbonyl (C=O) groups excluding carboxylic acids is 1. The van der Waals surface area contributed by atoms with Gasteiger partial charge in [-0.05, 0) is 44.5 Å². The van der Waals surface area contributed by atoms with Crippen molar-refractivity contribution in [2.24, 2.45) is 0 Å². The van der Waals surface area contributed by atoms with Crippen LogP contribution in [0.5, 0.6) is 5.75 Å². The summed E-state index contributed by atoms with van der Waals surface area (Å²) in [7, 11) is 1.63. The van der Waals surface area contributed by atoms with E-state index >= 15 is 0 Å². The van der Waals surface area contributed by atoms with Crippen molar-refractivity contribution < 1.29 is 9.53 Å². The van der Waals surface area contributed by atoms with Crippen molar-refractivity contribution in [3.8, 4) is 5.75 Å². The molecule has 20 heavy (non-hydrogen) atoms. The summed E-state index contributed by atoms with van der Waals surface area (Å²) in [6.45, 7) is 5.94. The number of carbonyl (C=O) groups is 1. The van der Waals surface area contributed by atoms with Gasteiger partial charge in [-0.3, -0.25) is 9.69 Å². The largest absolute Gasteiger partial charge is 0.497 e. The molecule has 0 radical (unpaired) electrons. The molecule has 1 aromatic carbocycles. The van der Waals surface area contributed by atoms with Crippen LogP contribution >= 0.6 is 24.0 Å². The summed E-state index contributed by atoms with van der Waals surface area (Å²) < 4.78 is 5.73. The van der Waals surface area contributed by atoms with Crippen molar-refractivity contribution in [2.75, 3.05) is 7.11 Å². The first-order valence-corrected chi connectivity index (χ1v) is 7.47. The standard InChI is InChI=1S/C15H17NO2S2/c1-15(2,3)16-13(17)12(20-14(16)19)9-10-5-7-11(18-4)8-6-10/h5-9H,1-4H3. The quantitative estimate of drug-likeness (QED) is 0.615. The van der Waals surface area contributed by atoms with Crippen LogP contribution in [0.15, 0.2) is 29.2 Å². The average Bonchev–Trinajstić information content (AvgIpc) is 2.64. The molecule has 1 saturated heterocycles. The van der Waals surface area contributed by atoms with Gasteiger partial charge in [0.1, 0.15) is 10.1 Å². The van der Waals surface area contributed by atoms with Gasteiger partial charge in [-0.2, -0.15) is 0 Å². The summed E-state index contributed by atoms with van der Waals surface area (Å²) in [5, 5.41) is 0. The van der Waals surface area contributed by atoms with Gasteiger partial charge in [-0.1, -0.05) is 36.1 Å². The van der Waals surface area contributed by atoms with Gasteiger partial charge in [-0.25, -0.2) is 0 Å². The summed E-state index contributed by atoms with van der Waals surface area (Å²) in [4.78, 5) is 14.7. The molecule has 0 aromatic heterocycles. The lowest BCUT2D eigenvalue weighted by Gasteiger charge is -2.30. The van der Waals surface area contributed by atoms with E-state index in [0.717, 1.165) is 11.3 Å². The first-order valence-electron chi connectivity index (χ1n) is 6.25. The lowest BCUT2D eigenvalue weighted by Crippen LogP contribution is -2.44. The summed E-state index contributed by atoms with van der Waals surface area (Å²) in [5.41, 5.74) is 0.664. The molecule has 0 bridgehead atoms. The van der Waals surface area contributed by atoms with Gasteiger partial charge in [0.25, 0.3) is 5.91 Å². The molecule has 1 aromatic rings. The average molecular weight is 307 g/mol. The van der Waals surface area contributed by atoms with Crippen molar-refractivity contribution in [1.82, 2.24) is 4.90 Å². The van der Waals surface area contributed by atoms with Gasteiger partial charge >= 0.3 is 0 Å². The second kappa shape index (κ2) is 5.58. The van der Waals surface area contributed by atoms with Crippen molar-refractivity contribution in [3.05, 3.63) is 34.7 Å². The summed E-state index contributed by atoms with van der Waals surface area (Å²) in [6.07, 6.45) is 1.87. The van der Waals surface area contributed by atoms with E-state index in [4.69, 9.17) is 17.0 Å². The first-order chi connectivity index (χ1) is 9.32. The zero-order valence-corrected chi connectivity index (χ0v) is 13.6. The second-order valence-electron chi connectivity index (χ2n) is 5.46. The Morgan fingerprint density at radius 3 is 2.30 bits per heavy atom. The molecule has 0 saturated carbocycles. The maximum Gasteiger partial charge on any atom is 0.266 e. The molecule has 0 atom stereocenters. The van der Waals surface area contributed by atoms with Crippen LogP contribution in [0.3, 0.4) is 0 Å². The van der Waals surface area contributed by atoms with Crippen LogP contribution in [-0.2, 0) is 4.79 Å². The minimum atomic E-state index is -0.295. The van der Waals surface area contributed by atoms with Crippen molar-refractivity contribution in [1.29, 1.82) is 0 Å². The highest BCUT2D eigenvalue weighted by atomic mass is 32.2. The maximum atomic E-state index is 12.4. The first kappa shape index (κ1) is 15.1. The van der Waals surface area contributed by atoms with Crippen LogP contribution < -0.4 is 4.74 Å². The van der Waals surface area contributed by atoms with Crippen LogP contribution in [0.4, 0.5) is 0 Å². The number of methoxy groups -OCH3 is 1. The van der Waals surface area contributed by atoms with Crippen LogP contribution in [0.2, 0.25) is 0 Å². The van der Waals surface area contributed by atoms with E-state index in [1.807, 2.05) is 51.1 Å². The molecular formula is C15H17NO2S2. The third kappa shape index (κ3) is 3.04. The molecule has 5 heteroatoms. The smallest absolute Gasteiger partial charge is 0.266 e. The molecule has 1 aliphatic heterocycles. The summed E-state index contributed by atoms with van der Waals surface area (Å²) in [5.74, 6) is 0.771. The molecule has 2 rings (SSSR count). The molecule has 0 unspecified atom stereocenters. The molecule has 0 spiro atoms. The molecule has 0 aliphatic carbocycles. The molecule has 3 nitrogen and oxygen atoms in total. The van der Waals surface area contributed by atoms with Crippen LogP contribution in [0, 0.1) is 0 Å². The molecular weight excluding hydrogens is 290 g/mol. The van der Waals surface area contributed by atoms with Crippen molar-refractivity contribution >= 4 is 40.3 Å². The van der Waals surface area contributed by atoms with Gasteiger partial charge in [0.15, 0.2) is 0 Å². The fourth-order valence-electron chi connectivity index (χ4n) is 1.90. The Balaban J connectivity index is 2.27. The molecule has 106 valence electrons. The van der Waals surface area contributed by atoms with E-state index in [2.05, 4.69) is 0 Å². The number of nitrogens with zero attached hydrogens (tertiary/aromatic N) is 1. The number of thiocarbonyl (C=S) groups is 1. The second-order valence-corrected chi connectivity index (χ2v) is 7.14. The highest BCUT2D eigenvalue weighted by Gasteiger charge is 2.38. The number of benzene rings is 1. The highest BCUT2D eigenvalue weighted by Crippen LogP contribution is 2.36. The van der Waals surface area contributed by atoms with Crippen molar-refractivity contribution in [3.63, 3.8) is 0 Å².